The summed E-state index contributed by atoms with van der Waals surface area (Å²) in [6.07, 6.45) is 0. The van der Waals surface area contributed by atoms with Gasteiger partial charge in [0.05, 0.1) is 12.6 Å². The molecule has 0 fully saturated rings. The second kappa shape index (κ2) is 6.00. The number of hydrogen-bond donors (Lipinski definition) is 3. The molecule has 0 aliphatic heterocycles. The molecular formula is C13H24N4O. The predicted molar refractivity (Wildman–Crippen MR) is 74.6 cm³/mol. The monoisotopic (exact) mass is 252 g/mol. The van der Waals surface area contributed by atoms with E-state index in [9.17, 15) is 5.11 Å². The molecule has 1 heterocycles. The summed E-state index contributed by atoms with van der Waals surface area (Å²) in [7, 11) is 0. The van der Waals surface area contributed by atoms with Crippen LogP contribution in [0, 0.1) is 12.8 Å². The van der Waals surface area contributed by atoms with E-state index in [0.717, 1.165) is 17.2 Å². The fourth-order valence-electron chi connectivity index (χ4n) is 1.55. The molecule has 0 saturated heterocycles. The quantitative estimate of drug-likeness (QED) is 0.745. The van der Waals surface area contributed by atoms with E-state index in [2.05, 4.69) is 29.1 Å². The summed E-state index contributed by atoms with van der Waals surface area (Å²) in [5.41, 5.74) is 6.73. The van der Waals surface area contributed by atoms with Gasteiger partial charge in [0, 0.05) is 11.5 Å². The van der Waals surface area contributed by atoms with Gasteiger partial charge in [0.15, 0.2) is 0 Å². The van der Waals surface area contributed by atoms with Crippen molar-refractivity contribution in [3.8, 4) is 0 Å². The van der Waals surface area contributed by atoms with Crippen molar-refractivity contribution in [3.63, 3.8) is 0 Å². The molecule has 4 N–H and O–H groups in total. The molecule has 1 unspecified atom stereocenters. The van der Waals surface area contributed by atoms with E-state index in [1.54, 1.807) is 0 Å². The van der Waals surface area contributed by atoms with E-state index in [1.807, 2.05) is 20.8 Å². The van der Waals surface area contributed by atoms with Crippen molar-refractivity contribution < 1.29 is 5.11 Å². The highest BCUT2D eigenvalue weighted by Gasteiger charge is 2.16. The number of hydrogen-bond acceptors (Lipinski definition) is 5. The van der Waals surface area contributed by atoms with Crippen LogP contribution in [0.25, 0.3) is 0 Å². The zero-order valence-electron chi connectivity index (χ0n) is 11.9. The van der Waals surface area contributed by atoms with Gasteiger partial charge in [-0.25, -0.2) is 9.97 Å². The van der Waals surface area contributed by atoms with Crippen LogP contribution in [0.3, 0.4) is 0 Å². The lowest BCUT2D eigenvalue weighted by atomic mass is 10.1. The molecule has 0 saturated carbocycles. The minimum atomic E-state index is -0.0296. The Labute approximate surface area is 109 Å². The summed E-state index contributed by atoms with van der Waals surface area (Å²) in [5, 5.41) is 12.6. The summed E-state index contributed by atoms with van der Waals surface area (Å²) in [4.78, 5) is 8.76. The number of rotatable bonds is 5. The molecule has 1 atom stereocenters. The molecule has 1 aromatic heterocycles. The van der Waals surface area contributed by atoms with Crippen molar-refractivity contribution in [2.45, 2.75) is 46.6 Å². The average Bonchev–Trinajstić information content (AvgIpc) is 2.30. The van der Waals surface area contributed by atoms with Crippen LogP contribution in [0.2, 0.25) is 0 Å². The maximum atomic E-state index is 9.36. The van der Waals surface area contributed by atoms with Crippen LogP contribution in [0.5, 0.6) is 0 Å². The Kier molecular flexibility index (Phi) is 4.90. The van der Waals surface area contributed by atoms with Gasteiger partial charge in [0.2, 0.25) is 0 Å². The van der Waals surface area contributed by atoms with Crippen LogP contribution >= 0.6 is 0 Å². The molecule has 5 nitrogen and oxygen atoms in total. The van der Waals surface area contributed by atoms with Gasteiger partial charge >= 0.3 is 0 Å². The first-order valence-corrected chi connectivity index (χ1v) is 6.38. The highest BCUT2D eigenvalue weighted by molar-refractivity contribution is 5.55. The standard InChI is InChI=1S/C13H24N4O/c1-7(2)10(6-18)15-13-9(5)11(14)16-12(17-13)8(3)4/h7-8,10,18H,6H2,1-5H3,(H3,14,15,16,17). The zero-order chi connectivity index (χ0) is 13.9. The molecule has 0 radical (unpaired) electrons. The van der Waals surface area contributed by atoms with Crippen molar-refractivity contribution in [1.29, 1.82) is 0 Å². The fraction of sp³-hybridized carbons (Fsp3) is 0.692. The molecule has 1 aromatic rings. The summed E-state index contributed by atoms with van der Waals surface area (Å²) < 4.78 is 0. The number of aliphatic hydroxyl groups excluding tert-OH is 1. The summed E-state index contributed by atoms with van der Waals surface area (Å²) in [5.74, 6) is 2.48. The number of aliphatic hydroxyl groups is 1. The third kappa shape index (κ3) is 3.32. The summed E-state index contributed by atoms with van der Waals surface area (Å²) in [6, 6.07) is -0.0296. The van der Waals surface area contributed by atoms with Crippen molar-refractivity contribution >= 4 is 11.6 Å². The first kappa shape index (κ1) is 14.7. The minimum absolute atomic E-state index is 0.0296. The Morgan fingerprint density at radius 1 is 1.22 bits per heavy atom. The molecule has 0 aliphatic carbocycles. The highest BCUT2D eigenvalue weighted by Crippen LogP contribution is 2.22. The van der Waals surface area contributed by atoms with Crippen molar-refractivity contribution in [2.75, 3.05) is 17.7 Å². The van der Waals surface area contributed by atoms with Crippen LogP contribution in [-0.2, 0) is 0 Å². The van der Waals surface area contributed by atoms with Gasteiger partial charge in [-0.05, 0) is 12.8 Å². The summed E-state index contributed by atoms with van der Waals surface area (Å²) in [6.45, 7) is 10.1. The smallest absolute Gasteiger partial charge is 0.135 e. The number of nitrogen functional groups attached to an aromatic ring is 1. The number of anilines is 2. The van der Waals surface area contributed by atoms with Crippen LogP contribution in [-0.4, -0.2) is 27.7 Å². The minimum Gasteiger partial charge on any atom is -0.394 e. The van der Waals surface area contributed by atoms with Crippen molar-refractivity contribution in [2.24, 2.45) is 5.92 Å². The van der Waals surface area contributed by atoms with Gasteiger partial charge < -0.3 is 16.2 Å². The van der Waals surface area contributed by atoms with Gasteiger partial charge in [-0.1, -0.05) is 27.7 Å². The Morgan fingerprint density at radius 2 is 1.83 bits per heavy atom. The lowest BCUT2D eigenvalue weighted by Gasteiger charge is -2.22. The molecule has 0 spiro atoms. The van der Waals surface area contributed by atoms with Crippen molar-refractivity contribution in [3.05, 3.63) is 11.4 Å². The van der Waals surface area contributed by atoms with Crippen LogP contribution in [0.15, 0.2) is 0 Å². The topological polar surface area (TPSA) is 84.1 Å². The largest absolute Gasteiger partial charge is 0.394 e. The highest BCUT2D eigenvalue weighted by atomic mass is 16.3. The van der Waals surface area contributed by atoms with Gasteiger partial charge in [-0.15, -0.1) is 0 Å². The molecule has 0 aromatic carbocycles. The van der Waals surface area contributed by atoms with Crippen LogP contribution in [0.4, 0.5) is 11.6 Å². The Hall–Kier alpha value is -1.36. The molecule has 0 bridgehead atoms. The van der Waals surface area contributed by atoms with E-state index in [0.29, 0.717) is 11.7 Å². The average molecular weight is 252 g/mol. The van der Waals surface area contributed by atoms with E-state index in [1.165, 1.54) is 0 Å². The summed E-state index contributed by atoms with van der Waals surface area (Å²) >= 11 is 0. The molecule has 0 aliphatic rings. The van der Waals surface area contributed by atoms with E-state index < -0.39 is 0 Å². The fourth-order valence-corrected chi connectivity index (χ4v) is 1.55. The lowest BCUT2D eigenvalue weighted by molar-refractivity contribution is 0.249. The van der Waals surface area contributed by atoms with Crippen molar-refractivity contribution in [1.82, 2.24) is 9.97 Å². The molecular weight excluding hydrogens is 228 g/mol. The molecule has 5 heteroatoms. The van der Waals surface area contributed by atoms with Gasteiger partial charge in [0.25, 0.3) is 0 Å². The Morgan fingerprint density at radius 3 is 2.28 bits per heavy atom. The molecule has 18 heavy (non-hydrogen) atoms. The van der Waals surface area contributed by atoms with Gasteiger partial charge in [-0.3, -0.25) is 0 Å². The van der Waals surface area contributed by atoms with E-state index in [4.69, 9.17) is 5.73 Å². The first-order chi connectivity index (χ1) is 8.36. The second-order valence-electron chi connectivity index (χ2n) is 5.27. The van der Waals surface area contributed by atoms with Crippen LogP contribution in [0.1, 0.15) is 45.0 Å². The normalized spacial score (nSPS) is 13.1. The zero-order valence-corrected chi connectivity index (χ0v) is 11.9. The van der Waals surface area contributed by atoms with Gasteiger partial charge in [-0.2, -0.15) is 0 Å². The second-order valence-corrected chi connectivity index (χ2v) is 5.27. The maximum absolute atomic E-state index is 9.36. The lowest BCUT2D eigenvalue weighted by Crippen LogP contribution is -2.30. The predicted octanol–water partition coefficient (Wildman–Crippen LogP) is 1.92. The third-order valence-corrected chi connectivity index (χ3v) is 3.04. The molecule has 102 valence electrons. The third-order valence-electron chi connectivity index (χ3n) is 3.04. The molecule has 1 rings (SSSR count). The SMILES string of the molecule is Cc1c(N)nc(C(C)C)nc1NC(CO)C(C)C. The van der Waals surface area contributed by atoms with E-state index in [-0.39, 0.29) is 18.6 Å². The van der Waals surface area contributed by atoms with E-state index >= 15 is 0 Å². The Bertz CT molecular complexity index is 404. The number of nitrogens with one attached hydrogen (secondary N) is 1. The van der Waals surface area contributed by atoms with Crippen LogP contribution < -0.4 is 11.1 Å². The Balaban J connectivity index is 3.07. The number of aromatic nitrogens is 2. The first-order valence-electron chi connectivity index (χ1n) is 6.38. The van der Waals surface area contributed by atoms with Gasteiger partial charge in [0.1, 0.15) is 17.5 Å². The number of nitrogens with two attached hydrogens (primary N) is 1. The maximum Gasteiger partial charge on any atom is 0.135 e. The number of nitrogens with zero attached hydrogens (tertiary/aromatic N) is 2. The molecule has 0 amide bonds.